The second kappa shape index (κ2) is 6.49. The van der Waals surface area contributed by atoms with Crippen LogP contribution in [0.4, 0.5) is 0 Å². The molecule has 0 bridgehead atoms. The molecule has 3 nitrogen and oxygen atoms in total. The molecule has 2 rings (SSSR count). The van der Waals surface area contributed by atoms with Crippen molar-refractivity contribution in [2.75, 3.05) is 13.1 Å². The minimum Gasteiger partial charge on any atom is -0.326 e. The molecule has 2 N–H and O–H groups in total. The molecular formula is C16H27N3. The lowest BCUT2D eigenvalue weighted by Crippen LogP contribution is -2.40. The Bertz CT molecular complexity index is 377. The molecule has 2 heterocycles. The summed E-state index contributed by atoms with van der Waals surface area (Å²) < 4.78 is 0. The Hall–Kier alpha value is -0.930. The summed E-state index contributed by atoms with van der Waals surface area (Å²) >= 11 is 0. The van der Waals surface area contributed by atoms with Crippen molar-refractivity contribution >= 4 is 0 Å². The summed E-state index contributed by atoms with van der Waals surface area (Å²) in [6.07, 6.45) is 6.06. The first kappa shape index (κ1) is 14.5. The fraction of sp³-hybridized carbons (Fsp3) is 0.688. The normalized spacial score (nSPS) is 23.7. The standard InChI is InChI=1S/C16H27N3/c1-4-15(17)16(13-5-8-18-9-6-13)19-10-7-14(11-19)12(2)3/h5-6,8-9,12,14-16H,4,7,10-11,17H2,1-3H3. The highest BCUT2D eigenvalue weighted by atomic mass is 15.2. The van der Waals surface area contributed by atoms with Crippen LogP contribution in [-0.2, 0) is 0 Å². The van der Waals surface area contributed by atoms with Gasteiger partial charge in [-0.25, -0.2) is 0 Å². The van der Waals surface area contributed by atoms with Crippen LogP contribution in [0.3, 0.4) is 0 Å². The first-order valence-corrected chi connectivity index (χ1v) is 7.53. The lowest BCUT2D eigenvalue weighted by atomic mass is 9.94. The van der Waals surface area contributed by atoms with Gasteiger partial charge < -0.3 is 5.73 Å². The van der Waals surface area contributed by atoms with Gasteiger partial charge in [0, 0.05) is 31.0 Å². The van der Waals surface area contributed by atoms with Crippen LogP contribution in [0, 0.1) is 11.8 Å². The first-order chi connectivity index (χ1) is 9.13. The molecule has 1 saturated heterocycles. The van der Waals surface area contributed by atoms with Gasteiger partial charge in [0.1, 0.15) is 0 Å². The fourth-order valence-electron chi connectivity index (χ4n) is 3.12. The molecule has 0 radical (unpaired) electrons. The first-order valence-electron chi connectivity index (χ1n) is 7.53. The van der Waals surface area contributed by atoms with Crippen molar-refractivity contribution < 1.29 is 0 Å². The predicted molar refractivity (Wildman–Crippen MR) is 79.8 cm³/mol. The average Bonchev–Trinajstić information content (AvgIpc) is 2.89. The number of rotatable bonds is 5. The van der Waals surface area contributed by atoms with Gasteiger partial charge in [0.05, 0.1) is 0 Å². The van der Waals surface area contributed by atoms with Gasteiger partial charge in [-0.1, -0.05) is 20.8 Å². The number of nitrogens with zero attached hydrogens (tertiary/aromatic N) is 2. The van der Waals surface area contributed by atoms with Crippen LogP contribution >= 0.6 is 0 Å². The number of aromatic nitrogens is 1. The molecule has 0 aliphatic carbocycles. The SMILES string of the molecule is CCC(N)C(c1ccncc1)N1CCC(C(C)C)C1. The van der Waals surface area contributed by atoms with Crippen molar-refractivity contribution in [3.63, 3.8) is 0 Å². The van der Waals surface area contributed by atoms with Crippen LogP contribution in [0.15, 0.2) is 24.5 Å². The third-order valence-electron chi connectivity index (χ3n) is 4.52. The van der Waals surface area contributed by atoms with E-state index in [0.717, 1.165) is 18.3 Å². The van der Waals surface area contributed by atoms with E-state index in [2.05, 4.69) is 42.8 Å². The van der Waals surface area contributed by atoms with Crippen LogP contribution in [0.25, 0.3) is 0 Å². The molecule has 1 fully saturated rings. The van der Waals surface area contributed by atoms with Crippen LogP contribution in [0.5, 0.6) is 0 Å². The number of hydrogen-bond acceptors (Lipinski definition) is 3. The summed E-state index contributed by atoms with van der Waals surface area (Å²) in [5.41, 5.74) is 7.70. The highest BCUT2D eigenvalue weighted by Crippen LogP contribution is 2.32. The van der Waals surface area contributed by atoms with Crippen molar-refractivity contribution in [2.24, 2.45) is 17.6 Å². The highest BCUT2D eigenvalue weighted by molar-refractivity contribution is 5.18. The Balaban J connectivity index is 2.16. The van der Waals surface area contributed by atoms with Crippen molar-refractivity contribution in [3.05, 3.63) is 30.1 Å². The Morgan fingerprint density at radius 2 is 2.05 bits per heavy atom. The van der Waals surface area contributed by atoms with Crippen LogP contribution in [-0.4, -0.2) is 29.0 Å². The molecule has 0 saturated carbocycles. The fourth-order valence-corrected chi connectivity index (χ4v) is 3.12. The van der Waals surface area contributed by atoms with E-state index in [1.165, 1.54) is 25.1 Å². The second-order valence-corrected chi connectivity index (χ2v) is 6.09. The van der Waals surface area contributed by atoms with E-state index in [0.29, 0.717) is 6.04 Å². The molecule has 106 valence electrons. The number of nitrogens with two attached hydrogens (primary N) is 1. The zero-order valence-electron chi connectivity index (χ0n) is 12.4. The van der Waals surface area contributed by atoms with Gasteiger partial charge in [0.2, 0.25) is 0 Å². The Morgan fingerprint density at radius 3 is 2.58 bits per heavy atom. The third kappa shape index (κ3) is 3.34. The van der Waals surface area contributed by atoms with E-state index in [1.54, 1.807) is 0 Å². The zero-order valence-corrected chi connectivity index (χ0v) is 12.4. The van der Waals surface area contributed by atoms with Crippen molar-refractivity contribution in [1.29, 1.82) is 0 Å². The van der Waals surface area contributed by atoms with Gasteiger partial charge >= 0.3 is 0 Å². The van der Waals surface area contributed by atoms with Crippen molar-refractivity contribution in [2.45, 2.75) is 45.7 Å². The molecular weight excluding hydrogens is 234 g/mol. The molecule has 1 aliphatic rings. The molecule has 0 spiro atoms. The van der Waals surface area contributed by atoms with E-state index in [1.807, 2.05) is 12.4 Å². The van der Waals surface area contributed by atoms with Crippen molar-refractivity contribution in [1.82, 2.24) is 9.88 Å². The highest BCUT2D eigenvalue weighted by Gasteiger charge is 2.33. The summed E-state index contributed by atoms with van der Waals surface area (Å²) in [4.78, 5) is 6.70. The molecule has 1 aromatic rings. The lowest BCUT2D eigenvalue weighted by Gasteiger charge is -2.33. The summed E-state index contributed by atoms with van der Waals surface area (Å²) in [7, 11) is 0. The Morgan fingerprint density at radius 1 is 1.37 bits per heavy atom. The maximum Gasteiger partial charge on any atom is 0.0500 e. The summed E-state index contributed by atoms with van der Waals surface area (Å²) in [6, 6.07) is 4.77. The molecule has 3 unspecified atom stereocenters. The van der Waals surface area contributed by atoms with E-state index in [4.69, 9.17) is 5.73 Å². The Kier molecular flexibility index (Phi) is 4.94. The van der Waals surface area contributed by atoms with Gasteiger partial charge in [0.25, 0.3) is 0 Å². The molecule has 1 aromatic heterocycles. The maximum absolute atomic E-state index is 6.39. The van der Waals surface area contributed by atoms with Crippen LogP contribution in [0.1, 0.15) is 45.2 Å². The number of pyridine rings is 1. The van der Waals surface area contributed by atoms with Crippen LogP contribution in [0.2, 0.25) is 0 Å². The lowest BCUT2D eigenvalue weighted by molar-refractivity contribution is 0.195. The minimum absolute atomic E-state index is 0.202. The average molecular weight is 261 g/mol. The number of likely N-dealkylation sites (tertiary alicyclic amines) is 1. The Labute approximate surface area is 117 Å². The zero-order chi connectivity index (χ0) is 13.8. The minimum atomic E-state index is 0.202. The second-order valence-electron chi connectivity index (χ2n) is 6.09. The summed E-state index contributed by atoms with van der Waals surface area (Å²) in [5.74, 6) is 1.58. The molecule has 3 heteroatoms. The van der Waals surface area contributed by atoms with Gasteiger partial charge in [-0.15, -0.1) is 0 Å². The van der Waals surface area contributed by atoms with E-state index in [-0.39, 0.29) is 6.04 Å². The van der Waals surface area contributed by atoms with Gasteiger partial charge in [-0.05, 0) is 48.9 Å². The largest absolute Gasteiger partial charge is 0.326 e. The van der Waals surface area contributed by atoms with Gasteiger partial charge in [-0.2, -0.15) is 0 Å². The smallest absolute Gasteiger partial charge is 0.0500 e. The summed E-state index contributed by atoms with van der Waals surface area (Å²) in [6.45, 7) is 9.18. The van der Waals surface area contributed by atoms with Gasteiger partial charge in [-0.3, -0.25) is 9.88 Å². The van der Waals surface area contributed by atoms with Crippen molar-refractivity contribution in [3.8, 4) is 0 Å². The quantitative estimate of drug-likeness (QED) is 0.886. The molecule has 19 heavy (non-hydrogen) atoms. The van der Waals surface area contributed by atoms with Gasteiger partial charge in [0.15, 0.2) is 0 Å². The third-order valence-corrected chi connectivity index (χ3v) is 4.52. The van der Waals surface area contributed by atoms with E-state index < -0.39 is 0 Å². The number of hydrogen-bond donors (Lipinski definition) is 1. The molecule has 1 aliphatic heterocycles. The molecule has 3 atom stereocenters. The van der Waals surface area contributed by atoms with Crippen LogP contribution < -0.4 is 5.73 Å². The molecule has 0 amide bonds. The maximum atomic E-state index is 6.39. The van der Waals surface area contributed by atoms with E-state index in [9.17, 15) is 0 Å². The van der Waals surface area contributed by atoms with E-state index >= 15 is 0 Å². The predicted octanol–water partition coefficient (Wildman–Crippen LogP) is 2.84. The molecule has 0 aromatic carbocycles. The monoisotopic (exact) mass is 261 g/mol. The summed E-state index contributed by atoms with van der Waals surface area (Å²) in [5, 5.41) is 0. The topological polar surface area (TPSA) is 42.1 Å².